The Balaban J connectivity index is 0.00000338. The van der Waals surface area contributed by atoms with E-state index in [0.29, 0.717) is 17.8 Å². The summed E-state index contributed by atoms with van der Waals surface area (Å²) >= 11 is 0. The SMILES string of the molecule is CCCCCCCCCCCCC1(S(=O)(=O)[O-])Nc2ccccc2N1.[K+]. The number of hydrogen-bond acceptors (Lipinski definition) is 5. The van der Waals surface area contributed by atoms with E-state index in [1.807, 2.05) is 12.1 Å². The monoisotopic (exact) mass is 406 g/mol. The molecule has 0 bridgehead atoms. The molecule has 0 aromatic heterocycles. The van der Waals surface area contributed by atoms with Crippen molar-refractivity contribution in [3.05, 3.63) is 24.3 Å². The molecule has 0 fully saturated rings. The summed E-state index contributed by atoms with van der Waals surface area (Å²) in [7, 11) is -4.51. The van der Waals surface area contributed by atoms with Crippen LogP contribution in [-0.2, 0) is 10.1 Å². The van der Waals surface area contributed by atoms with Crippen molar-refractivity contribution in [3.63, 3.8) is 0 Å². The van der Waals surface area contributed by atoms with Gasteiger partial charge in [-0.15, -0.1) is 0 Å². The van der Waals surface area contributed by atoms with Crippen LogP contribution < -0.4 is 62.0 Å². The van der Waals surface area contributed by atoms with Crippen LogP contribution in [0.15, 0.2) is 24.3 Å². The Kier molecular flexibility index (Phi) is 11.3. The van der Waals surface area contributed by atoms with Crippen molar-refractivity contribution in [1.29, 1.82) is 0 Å². The summed E-state index contributed by atoms with van der Waals surface area (Å²) in [6.45, 7) is 2.22. The summed E-state index contributed by atoms with van der Waals surface area (Å²) in [5, 5.41) is 5.81. The fourth-order valence-electron chi connectivity index (χ4n) is 3.40. The van der Waals surface area contributed by atoms with Crippen LogP contribution in [0.3, 0.4) is 0 Å². The number of unbranched alkanes of at least 4 members (excludes halogenated alkanes) is 9. The van der Waals surface area contributed by atoms with Gasteiger partial charge < -0.3 is 15.2 Å². The van der Waals surface area contributed by atoms with E-state index >= 15 is 0 Å². The average Bonchev–Trinajstić information content (AvgIpc) is 2.96. The Morgan fingerprint density at radius 1 is 0.846 bits per heavy atom. The molecular weight excluding hydrogens is 375 g/mol. The van der Waals surface area contributed by atoms with Gasteiger partial charge in [0.15, 0.2) is 0 Å². The van der Waals surface area contributed by atoms with Crippen molar-refractivity contribution in [3.8, 4) is 0 Å². The molecule has 5 nitrogen and oxygen atoms in total. The second kappa shape index (κ2) is 12.0. The summed E-state index contributed by atoms with van der Waals surface area (Å²) in [5.74, 6) is 0. The molecule has 142 valence electrons. The van der Waals surface area contributed by atoms with Crippen molar-refractivity contribution in [2.45, 2.75) is 82.5 Å². The molecule has 0 saturated carbocycles. The van der Waals surface area contributed by atoms with Gasteiger partial charge in [0.2, 0.25) is 4.99 Å². The number of benzene rings is 1. The minimum absolute atomic E-state index is 0. The number of nitrogens with one attached hydrogen (secondary N) is 2. The van der Waals surface area contributed by atoms with E-state index in [-0.39, 0.29) is 57.8 Å². The molecular formula is C19H31KN2O3S. The fourth-order valence-corrected chi connectivity index (χ4v) is 4.27. The van der Waals surface area contributed by atoms with E-state index in [9.17, 15) is 13.0 Å². The first-order chi connectivity index (χ1) is 12.0. The molecule has 1 aromatic carbocycles. The number of anilines is 2. The Hall–Kier alpha value is 0.366. The van der Waals surface area contributed by atoms with Crippen LogP contribution in [0, 0.1) is 0 Å². The van der Waals surface area contributed by atoms with Crippen LogP contribution in [0.4, 0.5) is 11.4 Å². The maximum absolute atomic E-state index is 11.8. The third-order valence-electron chi connectivity index (χ3n) is 4.91. The van der Waals surface area contributed by atoms with E-state index in [1.54, 1.807) is 12.1 Å². The number of fused-ring (bicyclic) bond motifs is 1. The van der Waals surface area contributed by atoms with Crippen molar-refractivity contribution < 1.29 is 64.4 Å². The minimum atomic E-state index is -4.51. The average molecular weight is 407 g/mol. The Morgan fingerprint density at radius 2 is 1.27 bits per heavy atom. The zero-order chi connectivity index (χ0) is 18.2. The molecule has 0 saturated heterocycles. The summed E-state index contributed by atoms with van der Waals surface area (Å²) in [6.07, 6.45) is 12.0. The molecule has 1 heterocycles. The largest absolute Gasteiger partial charge is 1.00 e. The second-order valence-corrected chi connectivity index (χ2v) is 8.61. The summed E-state index contributed by atoms with van der Waals surface area (Å²) in [5.41, 5.74) is 1.35. The molecule has 1 aliphatic heterocycles. The Morgan fingerprint density at radius 3 is 1.69 bits per heavy atom. The van der Waals surface area contributed by atoms with E-state index in [1.165, 1.54) is 44.9 Å². The Labute approximate surface area is 201 Å². The molecule has 0 unspecified atom stereocenters. The molecule has 2 rings (SSSR count). The fraction of sp³-hybridized carbons (Fsp3) is 0.684. The van der Waals surface area contributed by atoms with Gasteiger partial charge >= 0.3 is 51.4 Å². The van der Waals surface area contributed by atoms with Crippen LogP contribution in [-0.4, -0.2) is 18.0 Å². The number of hydrogen-bond donors (Lipinski definition) is 2. The molecule has 0 atom stereocenters. The normalized spacial score (nSPS) is 14.8. The van der Waals surface area contributed by atoms with Crippen molar-refractivity contribution in [2.75, 3.05) is 10.6 Å². The zero-order valence-electron chi connectivity index (χ0n) is 16.2. The Bertz CT molecular complexity index is 612. The van der Waals surface area contributed by atoms with E-state index in [2.05, 4.69) is 17.6 Å². The molecule has 0 amide bonds. The van der Waals surface area contributed by atoms with Gasteiger partial charge in [0, 0.05) is 6.42 Å². The van der Waals surface area contributed by atoms with Crippen LogP contribution in [0.1, 0.15) is 77.6 Å². The third-order valence-corrected chi connectivity index (χ3v) is 6.17. The molecule has 0 aliphatic carbocycles. The first-order valence-corrected chi connectivity index (χ1v) is 11.0. The number of para-hydroxylation sites is 2. The molecule has 1 aromatic rings. The standard InChI is InChI=1S/C19H32N2O3S.K/c1-2-3-4-5-6-7-8-9-10-13-16-19(25(22,23)24)20-17-14-11-12-15-18(17)21-19;/h11-12,14-15,20-21H,2-10,13,16H2,1H3,(H,22,23,24);/q;+1/p-1. The molecule has 7 heteroatoms. The van der Waals surface area contributed by atoms with E-state index in [0.717, 1.165) is 12.8 Å². The van der Waals surface area contributed by atoms with Crippen molar-refractivity contribution in [2.24, 2.45) is 0 Å². The molecule has 0 spiro atoms. The minimum Gasteiger partial charge on any atom is -0.745 e. The van der Waals surface area contributed by atoms with Crippen molar-refractivity contribution >= 4 is 21.5 Å². The predicted molar refractivity (Wildman–Crippen MR) is 103 cm³/mol. The smallest absolute Gasteiger partial charge is 0.745 e. The first-order valence-electron chi connectivity index (χ1n) is 9.59. The third kappa shape index (κ3) is 7.07. The van der Waals surface area contributed by atoms with E-state index < -0.39 is 15.1 Å². The van der Waals surface area contributed by atoms with Crippen molar-refractivity contribution in [1.82, 2.24) is 0 Å². The maximum atomic E-state index is 11.8. The molecule has 0 radical (unpaired) electrons. The summed E-state index contributed by atoms with van der Waals surface area (Å²) in [6, 6.07) is 7.21. The van der Waals surface area contributed by atoms with Gasteiger partial charge in [-0.25, -0.2) is 8.42 Å². The zero-order valence-corrected chi connectivity index (χ0v) is 20.2. The molecule has 26 heavy (non-hydrogen) atoms. The van der Waals surface area contributed by atoms with Gasteiger partial charge in [-0.1, -0.05) is 76.8 Å². The van der Waals surface area contributed by atoms with Crippen LogP contribution in [0.5, 0.6) is 0 Å². The summed E-state index contributed by atoms with van der Waals surface area (Å²) in [4.78, 5) is -1.60. The predicted octanol–water partition coefficient (Wildman–Crippen LogP) is 2.04. The topological polar surface area (TPSA) is 81.3 Å². The van der Waals surface area contributed by atoms with Gasteiger partial charge in [-0.05, 0) is 18.6 Å². The van der Waals surface area contributed by atoms with Crippen LogP contribution in [0.25, 0.3) is 0 Å². The second-order valence-electron chi connectivity index (χ2n) is 7.01. The van der Waals surface area contributed by atoms with Gasteiger partial charge in [0.05, 0.1) is 11.4 Å². The van der Waals surface area contributed by atoms with Gasteiger partial charge in [-0.3, -0.25) is 0 Å². The van der Waals surface area contributed by atoms with Crippen LogP contribution in [0.2, 0.25) is 0 Å². The van der Waals surface area contributed by atoms with Gasteiger partial charge in [0.25, 0.3) is 0 Å². The quantitative estimate of drug-likeness (QED) is 0.315. The number of rotatable bonds is 12. The van der Waals surface area contributed by atoms with E-state index in [4.69, 9.17) is 0 Å². The maximum Gasteiger partial charge on any atom is 1.00 e. The first kappa shape index (κ1) is 24.4. The van der Waals surface area contributed by atoms with Gasteiger partial charge in [-0.2, -0.15) is 0 Å². The van der Waals surface area contributed by atoms with Gasteiger partial charge in [0.1, 0.15) is 10.1 Å². The molecule has 2 N–H and O–H groups in total. The van der Waals surface area contributed by atoms with Crippen LogP contribution >= 0.6 is 0 Å². The summed E-state index contributed by atoms with van der Waals surface area (Å²) < 4.78 is 35.5. The molecule has 1 aliphatic rings.